The fraction of sp³-hybridized carbons (Fsp3) is 0.368. The minimum Gasteiger partial charge on any atom is -0.508 e. The lowest BCUT2D eigenvalue weighted by atomic mass is 9.86. The number of benzene rings is 2. The monoisotopic (exact) mass is 297 g/mol. The molecule has 3 nitrogen and oxygen atoms in total. The average molecular weight is 297 g/mol. The lowest BCUT2D eigenvalue weighted by molar-refractivity contribution is 0.109. The van der Waals surface area contributed by atoms with Crippen molar-refractivity contribution in [2.75, 3.05) is 0 Å². The Morgan fingerprint density at radius 2 is 1.95 bits per heavy atom. The Balaban J connectivity index is 1.65. The number of rotatable bonds is 4. The highest BCUT2D eigenvalue weighted by Gasteiger charge is 2.29. The van der Waals surface area contributed by atoms with Gasteiger partial charge in [0.1, 0.15) is 11.5 Å². The zero-order valence-electron chi connectivity index (χ0n) is 12.9. The predicted octanol–water partition coefficient (Wildman–Crippen LogP) is 3.81. The number of hydrogen-bond donors (Lipinski definition) is 2. The van der Waals surface area contributed by atoms with Gasteiger partial charge in [0.15, 0.2) is 6.23 Å². The summed E-state index contributed by atoms with van der Waals surface area (Å²) in [6.07, 6.45) is 2.54. The molecule has 3 rings (SSSR count). The van der Waals surface area contributed by atoms with E-state index in [2.05, 4.69) is 31.2 Å². The summed E-state index contributed by atoms with van der Waals surface area (Å²) in [7, 11) is 0. The molecule has 3 N–H and O–H groups in total. The smallest absolute Gasteiger partial charge is 0.150 e. The lowest BCUT2D eigenvalue weighted by Crippen LogP contribution is -2.40. The Hall–Kier alpha value is -2.00. The van der Waals surface area contributed by atoms with Crippen LogP contribution in [0.4, 0.5) is 0 Å². The van der Waals surface area contributed by atoms with Crippen molar-refractivity contribution in [3.8, 4) is 11.5 Å². The van der Waals surface area contributed by atoms with Crippen LogP contribution in [0.1, 0.15) is 36.8 Å². The van der Waals surface area contributed by atoms with Gasteiger partial charge in [-0.3, -0.25) is 5.73 Å². The molecule has 0 aliphatic carbocycles. The van der Waals surface area contributed by atoms with Crippen LogP contribution < -0.4 is 10.5 Å². The van der Waals surface area contributed by atoms with E-state index in [1.54, 1.807) is 12.1 Å². The molecule has 0 bridgehead atoms. The highest BCUT2D eigenvalue weighted by atomic mass is 16.5. The van der Waals surface area contributed by atoms with E-state index in [0.29, 0.717) is 11.7 Å². The SMILES string of the molecule is CC(CCC1Cc2c(O)cccc2OC1N)c1ccccc1. The maximum absolute atomic E-state index is 9.99. The van der Waals surface area contributed by atoms with E-state index in [1.807, 2.05) is 12.1 Å². The molecule has 0 amide bonds. The number of fused-ring (bicyclic) bond motifs is 1. The topological polar surface area (TPSA) is 55.5 Å². The van der Waals surface area contributed by atoms with Crippen molar-refractivity contribution >= 4 is 0 Å². The van der Waals surface area contributed by atoms with Gasteiger partial charge in [0.2, 0.25) is 0 Å². The van der Waals surface area contributed by atoms with Gasteiger partial charge < -0.3 is 9.84 Å². The van der Waals surface area contributed by atoms with Crippen LogP contribution in [0.5, 0.6) is 11.5 Å². The molecule has 0 fully saturated rings. The van der Waals surface area contributed by atoms with Crippen LogP contribution >= 0.6 is 0 Å². The molecule has 0 aromatic heterocycles. The first-order valence-corrected chi connectivity index (χ1v) is 7.93. The highest BCUT2D eigenvalue weighted by Crippen LogP contribution is 2.37. The molecule has 0 saturated carbocycles. The zero-order chi connectivity index (χ0) is 15.5. The van der Waals surface area contributed by atoms with E-state index in [-0.39, 0.29) is 12.1 Å². The molecule has 3 atom stereocenters. The summed E-state index contributed by atoms with van der Waals surface area (Å²) in [5, 5.41) is 9.99. The maximum Gasteiger partial charge on any atom is 0.150 e. The van der Waals surface area contributed by atoms with Gasteiger partial charge >= 0.3 is 0 Å². The van der Waals surface area contributed by atoms with Gasteiger partial charge in [-0.15, -0.1) is 0 Å². The van der Waals surface area contributed by atoms with Gasteiger partial charge in [-0.2, -0.15) is 0 Å². The third-order valence-corrected chi connectivity index (χ3v) is 4.64. The molecular formula is C19H23NO2. The van der Waals surface area contributed by atoms with E-state index in [1.165, 1.54) is 5.56 Å². The molecule has 2 aromatic rings. The molecule has 116 valence electrons. The third kappa shape index (κ3) is 3.09. The summed E-state index contributed by atoms with van der Waals surface area (Å²) in [5.74, 6) is 1.77. The number of phenolic OH excluding ortho intramolecular Hbond substituents is 1. The Bertz CT molecular complexity index is 627. The van der Waals surface area contributed by atoms with E-state index in [0.717, 1.165) is 30.6 Å². The molecule has 22 heavy (non-hydrogen) atoms. The Morgan fingerprint density at radius 3 is 2.73 bits per heavy atom. The quantitative estimate of drug-likeness (QED) is 0.902. The molecule has 1 aliphatic rings. The molecule has 0 saturated heterocycles. The first kappa shape index (κ1) is 14.9. The highest BCUT2D eigenvalue weighted by molar-refractivity contribution is 5.45. The summed E-state index contributed by atoms with van der Waals surface area (Å²) >= 11 is 0. The second-order valence-electron chi connectivity index (χ2n) is 6.19. The summed E-state index contributed by atoms with van der Waals surface area (Å²) in [6, 6.07) is 15.9. The van der Waals surface area contributed by atoms with Crippen molar-refractivity contribution in [1.29, 1.82) is 0 Å². The van der Waals surface area contributed by atoms with Crippen molar-refractivity contribution < 1.29 is 9.84 Å². The zero-order valence-corrected chi connectivity index (χ0v) is 12.9. The van der Waals surface area contributed by atoms with Crippen molar-refractivity contribution in [1.82, 2.24) is 0 Å². The molecule has 0 radical (unpaired) electrons. The molecule has 1 heterocycles. The van der Waals surface area contributed by atoms with Crippen LogP contribution in [0.2, 0.25) is 0 Å². The van der Waals surface area contributed by atoms with E-state index in [9.17, 15) is 5.11 Å². The normalized spacial score (nSPS) is 21.7. The number of hydrogen-bond acceptors (Lipinski definition) is 3. The molecular weight excluding hydrogens is 274 g/mol. The van der Waals surface area contributed by atoms with Crippen molar-refractivity contribution in [3.05, 3.63) is 59.7 Å². The number of nitrogens with two attached hydrogens (primary N) is 1. The first-order valence-electron chi connectivity index (χ1n) is 7.93. The van der Waals surface area contributed by atoms with Crippen molar-refractivity contribution in [2.45, 2.75) is 38.3 Å². The maximum atomic E-state index is 9.99. The number of phenols is 1. The van der Waals surface area contributed by atoms with Crippen LogP contribution in [-0.2, 0) is 6.42 Å². The molecule has 2 aromatic carbocycles. The Labute approximate surface area is 131 Å². The van der Waals surface area contributed by atoms with Crippen LogP contribution in [0.25, 0.3) is 0 Å². The Morgan fingerprint density at radius 1 is 1.18 bits per heavy atom. The average Bonchev–Trinajstić information content (AvgIpc) is 2.54. The van der Waals surface area contributed by atoms with Gasteiger partial charge in [-0.1, -0.05) is 43.3 Å². The van der Waals surface area contributed by atoms with Crippen molar-refractivity contribution in [3.63, 3.8) is 0 Å². The fourth-order valence-electron chi connectivity index (χ4n) is 3.17. The van der Waals surface area contributed by atoms with E-state index >= 15 is 0 Å². The standard InChI is InChI=1S/C19H23NO2/c1-13(14-6-3-2-4-7-14)10-11-15-12-16-17(21)8-5-9-18(16)22-19(15)20/h2-9,13,15,19,21H,10-12,20H2,1H3. The first-order chi connectivity index (χ1) is 10.6. The molecule has 3 heteroatoms. The summed E-state index contributed by atoms with van der Waals surface area (Å²) in [6.45, 7) is 2.25. The van der Waals surface area contributed by atoms with E-state index in [4.69, 9.17) is 10.5 Å². The second kappa shape index (κ2) is 6.41. The van der Waals surface area contributed by atoms with Gasteiger partial charge in [0, 0.05) is 11.5 Å². The Kier molecular flexibility index (Phi) is 4.34. The van der Waals surface area contributed by atoms with E-state index < -0.39 is 0 Å². The van der Waals surface area contributed by atoms with Gasteiger partial charge in [0.05, 0.1) is 0 Å². The minimum atomic E-state index is -0.294. The fourth-order valence-corrected chi connectivity index (χ4v) is 3.17. The number of ether oxygens (including phenoxy) is 1. The molecule has 3 unspecified atom stereocenters. The van der Waals surface area contributed by atoms with Gasteiger partial charge in [0.25, 0.3) is 0 Å². The van der Waals surface area contributed by atoms with Crippen LogP contribution in [-0.4, -0.2) is 11.3 Å². The van der Waals surface area contributed by atoms with Crippen molar-refractivity contribution in [2.24, 2.45) is 11.7 Å². The lowest BCUT2D eigenvalue weighted by Gasteiger charge is -2.32. The van der Waals surface area contributed by atoms with Crippen LogP contribution in [0.3, 0.4) is 0 Å². The largest absolute Gasteiger partial charge is 0.508 e. The molecule has 0 spiro atoms. The predicted molar refractivity (Wildman–Crippen MR) is 88.0 cm³/mol. The number of aromatic hydroxyl groups is 1. The third-order valence-electron chi connectivity index (χ3n) is 4.64. The summed E-state index contributed by atoms with van der Waals surface area (Å²) in [4.78, 5) is 0. The van der Waals surface area contributed by atoms with Gasteiger partial charge in [-0.25, -0.2) is 0 Å². The van der Waals surface area contributed by atoms with Crippen LogP contribution in [0, 0.1) is 5.92 Å². The van der Waals surface area contributed by atoms with Gasteiger partial charge in [-0.05, 0) is 42.9 Å². The summed E-state index contributed by atoms with van der Waals surface area (Å²) < 4.78 is 5.78. The minimum absolute atomic E-state index is 0.243. The summed E-state index contributed by atoms with van der Waals surface area (Å²) in [5.41, 5.74) is 8.41. The molecule has 1 aliphatic heterocycles. The second-order valence-corrected chi connectivity index (χ2v) is 6.19. The van der Waals surface area contributed by atoms with Crippen LogP contribution in [0.15, 0.2) is 48.5 Å².